The number of nitrogens with zero attached hydrogens (tertiary/aromatic N) is 2. The molecule has 2 rings (SSSR count). The topological polar surface area (TPSA) is 58.4 Å². The zero-order valence-corrected chi connectivity index (χ0v) is 13.2. The van der Waals surface area contributed by atoms with Crippen LogP contribution >= 0.6 is 11.3 Å². The number of rotatable bonds is 6. The molecule has 112 valence electrons. The van der Waals surface area contributed by atoms with Crippen molar-refractivity contribution >= 4 is 22.7 Å². The van der Waals surface area contributed by atoms with E-state index in [1.165, 1.54) is 10.9 Å². The summed E-state index contributed by atoms with van der Waals surface area (Å²) in [5, 5.41) is 16.1. The molecule has 0 bridgehead atoms. The number of benzene rings is 1. The third-order valence-electron chi connectivity index (χ3n) is 3.60. The number of nitro benzene ring substituents is 1. The Morgan fingerprint density at radius 3 is 2.76 bits per heavy atom. The highest BCUT2D eigenvalue weighted by molar-refractivity contribution is 7.10. The fourth-order valence-electron chi connectivity index (χ4n) is 2.22. The van der Waals surface area contributed by atoms with Crippen LogP contribution in [0.2, 0.25) is 0 Å². The van der Waals surface area contributed by atoms with Crippen LogP contribution in [0.25, 0.3) is 0 Å². The van der Waals surface area contributed by atoms with Crippen LogP contribution in [0.1, 0.15) is 23.4 Å². The fraction of sp³-hybridized carbons (Fsp3) is 0.333. The third kappa shape index (κ3) is 3.59. The van der Waals surface area contributed by atoms with Crippen LogP contribution in [0.5, 0.6) is 0 Å². The number of thiophene rings is 1. The SMILES string of the molecule is CNc1ccc([N+](=O)[O-])cc1CN(C)C(C)c1cccs1. The Hall–Kier alpha value is -1.92. The van der Waals surface area contributed by atoms with Crippen LogP contribution in [-0.2, 0) is 6.54 Å². The molecule has 2 aromatic rings. The van der Waals surface area contributed by atoms with Crippen molar-refractivity contribution in [2.24, 2.45) is 0 Å². The molecule has 5 nitrogen and oxygen atoms in total. The molecule has 0 spiro atoms. The van der Waals surface area contributed by atoms with E-state index >= 15 is 0 Å². The van der Waals surface area contributed by atoms with Gasteiger partial charge >= 0.3 is 0 Å². The number of non-ortho nitro benzene ring substituents is 1. The third-order valence-corrected chi connectivity index (χ3v) is 4.65. The summed E-state index contributed by atoms with van der Waals surface area (Å²) < 4.78 is 0. The maximum atomic E-state index is 10.9. The first-order valence-corrected chi connectivity index (χ1v) is 7.59. The van der Waals surface area contributed by atoms with E-state index in [4.69, 9.17) is 0 Å². The van der Waals surface area contributed by atoms with Crippen molar-refractivity contribution in [2.45, 2.75) is 19.5 Å². The second-order valence-corrected chi connectivity index (χ2v) is 5.93. The van der Waals surface area contributed by atoms with E-state index in [-0.39, 0.29) is 16.7 Å². The van der Waals surface area contributed by atoms with Gasteiger partial charge in [-0.15, -0.1) is 11.3 Å². The molecule has 1 aromatic heterocycles. The largest absolute Gasteiger partial charge is 0.388 e. The van der Waals surface area contributed by atoms with Gasteiger partial charge in [0.15, 0.2) is 0 Å². The van der Waals surface area contributed by atoms with Gasteiger partial charge in [0.05, 0.1) is 4.92 Å². The molecule has 0 aliphatic carbocycles. The minimum Gasteiger partial charge on any atom is -0.388 e. The van der Waals surface area contributed by atoms with Gasteiger partial charge in [0.1, 0.15) is 0 Å². The number of nitrogens with one attached hydrogen (secondary N) is 1. The van der Waals surface area contributed by atoms with Crippen molar-refractivity contribution in [2.75, 3.05) is 19.4 Å². The lowest BCUT2D eigenvalue weighted by Gasteiger charge is -2.24. The molecule has 0 aliphatic rings. The quantitative estimate of drug-likeness (QED) is 0.649. The Balaban J connectivity index is 2.21. The van der Waals surface area contributed by atoms with Gasteiger partial charge in [0.25, 0.3) is 5.69 Å². The molecule has 1 aromatic carbocycles. The highest BCUT2D eigenvalue weighted by atomic mass is 32.1. The van der Waals surface area contributed by atoms with Crippen molar-refractivity contribution in [1.82, 2.24) is 4.90 Å². The molecular weight excluding hydrogens is 286 g/mol. The summed E-state index contributed by atoms with van der Waals surface area (Å²) in [5.41, 5.74) is 1.98. The zero-order valence-electron chi connectivity index (χ0n) is 12.4. The Labute approximate surface area is 128 Å². The van der Waals surface area contributed by atoms with E-state index in [0.29, 0.717) is 6.54 Å². The van der Waals surface area contributed by atoms with E-state index in [0.717, 1.165) is 11.3 Å². The first kappa shape index (κ1) is 15.5. The summed E-state index contributed by atoms with van der Waals surface area (Å²) in [6.07, 6.45) is 0. The van der Waals surface area contributed by atoms with Gasteiger partial charge in [-0.25, -0.2) is 0 Å². The molecule has 0 radical (unpaired) electrons. The first-order valence-electron chi connectivity index (χ1n) is 6.71. The van der Waals surface area contributed by atoms with Gasteiger partial charge in [-0.1, -0.05) is 6.07 Å². The lowest BCUT2D eigenvalue weighted by atomic mass is 10.1. The van der Waals surface area contributed by atoms with Crippen LogP contribution in [0.15, 0.2) is 35.7 Å². The average Bonchev–Trinajstić information content (AvgIpc) is 3.00. The molecule has 6 heteroatoms. The second-order valence-electron chi connectivity index (χ2n) is 4.96. The highest BCUT2D eigenvalue weighted by Gasteiger charge is 2.16. The Morgan fingerprint density at radius 2 is 2.19 bits per heavy atom. The van der Waals surface area contributed by atoms with Gasteiger partial charge in [-0.3, -0.25) is 15.0 Å². The van der Waals surface area contributed by atoms with Crippen molar-refractivity contribution in [1.29, 1.82) is 0 Å². The van der Waals surface area contributed by atoms with Gasteiger partial charge in [0, 0.05) is 42.3 Å². The van der Waals surface area contributed by atoms with E-state index in [1.807, 2.05) is 20.2 Å². The molecule has 0 saturated carbocycles. The van der Waals surface area contributed by atoms with Crippen LogP contribution in [0.4, 0.5) is 11.4 Å². The Morgan fingerprint density at radius 1 is 1.43 bits per heavy atom. The molecular formula is C15H19N3O2S. The number of anilines is 1. The van der Waals surface area contributed by atoms with E-state index in [9.17, 15) is 10.1 Å². The number of hydrogen-bond acceptors (Lipinski definition) is 5. The fourth-order valence-corrected chi connectivity index (χ4v) is 3.07. The number of nitro groups is 1. The minimum absolute atomic E-state index is 0.126. The smallest absolute Gasteiger partial charge is 0.269 e. The van der Waals surface area contributed by atoms with Crippen molar-refractivity contribution in [3.63, 3.8) is 0 Å². The van der Waals surface area contributed by atoms with Crippen molar-refractivity contribution in [3.8, 4) is 0 Å². The number of hydrogen-bond donors (Lipinski definition) is 1. The first-order chi connectivity index (χ1) is 10.0. The molecule has 0 amide bonds. The molecule has 1 atom stereocenters. The van der Waals surface area contributed by atoms with E-state index < -0.39 is 0 Å². The van der Waals surface area contributed by atoms with E-state index in [1.54, 1.807) is 23.5 Å². The summed E-state index contributed by atoms with van der Waals surface area (Å²) in [4.78, 5) is 14.0. The predicted octanol–water partition coefficient (Wildman–Crippen LogP) is 3.89. The second kappa shape index (κ2) is 6.69. The lowest BCUT2D eigenvalue weighted by molar-refractivity contribution is -0.384. The summed E-state index contributed by atoms with van der Waals surface area (Å²) in [5.74, 6) is 0. The lowest BCUT2D eigenvalue weighted by Crippen LogP contribution is -2.21. The van der Waals surface area contributed by atoms with E-state index in [2.05, 4.69) is 28.6 Å². The van der Waals surface area contributed by atoms with Crippen LogP contribution in [0.3, 0.4) is 0 Å². The monoisotopic (exact) mass is 305 g/mol. The summed E-state index contributed by atoms with van der Waals surface area (Å²) in [7, 11) is 3.86. The maximum Gasteiger partial charge on any atom is 0.269 e. The molecule has 0 fully saturated rings. The Kier molecular flexibility index (Phi) is 4.93. The highest BCUT2D eigenvalue weighted by Crippen LogP contribution is 2.28. The van der Waals surface area contributed by atoms with Gasteiger partial charge < -0.3 is 5.32 Å². The van der Waals surface area contributed by atoms with Crippen LogP contribution in [0, 0.1) is 10.1 Å². The molecule has 1 heterocycles. The molecule has 1 unspecified atom stereocenters. The maximum absolute atomic E-state index is 10.9. The normalized spacial score (nSPS) is 12.4. The predicted molar refractivity (Wildman–Crippen MR) is 86.8 cm³/mol. The van der Waals surface area contributed by atoms with Crippen molar-refractivity contribution < 1.29 is 4.92 Å². The summed E-state index contributed by atoms with van der Waals surface area (Å²) in [6.45, 7) is 2.79. The average molecular weight is 305 g/mol. The molecule has 0 saturated heterocycles. The minimum atomic E-state index is -0.356. The standard InChI is InChI=1S/C15H19N3O2S/c1-11(15-5-4-8-21-15)17(3)10-12-9-13(18(19)20)6-7-14(12)16-2/h4-9,11,16H,10H2,1-3H3. The van der Waals surface area contributed by atoms with Crippen LogP contribution < -0.4 is 5.32 Å². The Bertz CT molecular complexity index is 613. The molecule has 21 heavy (non-hydrogen) atoms. The van der Waals surface area contributed by atoms with Gasteiger partial charge in [-0.2, -0.15) is 0 Å². The van der Waals surface area contributed by atoms with Gasteiger partial charge in [-0.05, 0) is 37.0 Å². The molecule has 0 aliphatic heterocycles. The summed E-state index contributed by atoms with van der Waals surface area (Å²) in [6, 6.07) is 9.35. The van der Waals surface area contributed by atoms with Crippen molar-refractivity contribution in [3.05, 3.63) is 56.3 Å². The van der Waals surface area contributed by atoms with Crippen LogP contribution in [-0.4, -0.2) is 23.9 Å². The molecule has 1 N–H and O–H groups in total. The summed E-state index contributed by atoms with van der Waals surface area (Å²) >= 11 is 1.72. The zero-order chi connectivity index (χ0) is 15.4. The van der Waals surface area contributed by atoms with Gasteiger partial charge in [0.2, 0.25) is 0 Å².